The molecule has 22 heavy (non-hydrogen) atoms. The van der Waals surface area contributed by atoms with Crippen molar-refractivity contribution in [1.82, 2.24) is 9.78 Å². The summed E-state index contributed by atoms with van der Waals surface area (Å²) < 4.78 is 68.5. The third kappa shape index (κ3) is 3.73. The molecule has 1 aliphatic heterocycles. The first kappa shape index (κ1) is 18.8. The Morgan fingerprint density at radius 2 is 2.05 bits per heavy atom. The number of rotatable bonds is 1. The molecule has 0 spiro atoms. The first-order valence-electron chi connectivity index (χ1n) is 5.93. The number of aromatic nitrogens is 2. The third-order valence-corrected chi connectivity index (χ3v) is 4.21. The molecule has 1 aromatic heterocycles. The highest BCUT2D eigenvalue weighted by molar-refractivity contribution is 7.94. The van der Waals surface area contributed by atoms with Gasteiger partial charge in [0.15, 0.2) is 15.5 Å². The van der Waals surface area contributed by atoms with Crippen LogP contribution >= 0.6 is 12.4 Å². The van der Waals surface area contributed by atoms with Crippen molar-refractivity contribution in [2.24, 2.45) is 12.8 Å². The van der Waals surface area contributed by atoms with Gasteiger partial charge in [0, 0.05) is 30.7 Å². The van der Waals surface area contributed by atoms with E-state index >= 15 is 0 Å². The normalized spacial score (nSPS) is 21.5. The number of hydrogen-bond acceptors (Lipinski definition) is 5. The van der Waals surface area contributed by atoms with E-state index in [1.54, 1.807) is 0 Å². The maximum atomic E-state index is 13.0. The Labute approximate surface area is 131 Å². The third-order valence-electron chi connectivity index (χ3n) is 2.98. The summed E-state index contributed by atoms with van der Waals surface area (Å²) in [5.74, 6) is -0.154. The molecule has 126 valence electrons. The van der Waals surface area contributed by atoms with Crippen LogP contribution in [0, 0.1) is 0 Å². The average Bonchev–Trinajstić information content (AvgIpc) is 2.57. The van der Waals surface area contributed by atoms with E-state index in [-0.39, 0.29) is 36.2 Å². The van der Waals surface area contributed by atoms with E-state index in [1.165, 1.54) is 7.05 Å². The highest BCUT2D eigenvalue weighted by Crippen LogP contribution is 2.38. The lowest BCUT2D eigenvalue weighted by Gasteiger charge is -2.18. The van der Waals surface area contributed by atoms with Crippen LogP contribution in [0.4, 0.5) is 13.2 Å². The van der Waals surface area contributed by atoms with Crippen LogP contribution in [0.2, 0.25) is 0 Å². The highest BCUT2D eigenvalue weighted by Gasteiger charge is 2.40. The van der Waals surface area contributed by atoms with Crippen LogP contribution in [0.15, 0.2) is 4.91 Å². The molecule has 1 atom stereocenters. The minimum atomic E-state index is -4.71. The van der Waals surface area contributed by atoms with Crippen molar-refractivity contribution < 1.29 is 26.3 Å². The molecule has 11 heteroatoms. The fourth-order valence-electron chi connectivity index (χ4n) is 2.02. The molecule has 0 fully saturated rings. The summed E-state index contributed by atoms with van der Waals surface area (Å²) in [6.45, 7) is -0.101. The number of alkyl halides is 3. The molecule has 2 heterocycles. The van der Waals surface area contributed by atoms with Crippen molar-refractivity contribution in [3.8, 4) is 5.88 Å². The molecule has 1 aliphatic rings. The minimum Gasteiger partial charge on any atom is -0.476 e. The smallest absolute Gasteiger partial charge is 0.435 e. The summed E-state index contributed by atoms with van der Waals surface area (Å²) in [4.78, 5) is -0.168. The molecule has 0 saturated heterocycles. The van der Waals surface area contributed by atoms with Gasteiger partial charge in [-0.3, -0.25) is 0 Å². The predicted octanol–water partition coefficient (Wildman–Crippen LogP) is 1.36. The zero-order valence-corrected chi connectivity index (χ0v) is 13.3. The molecule has 0 bridgehead atoms. The minimum absolute atomic E-state index is 0. The second-order valence-corrected chi connectivity index (χ2v) is 6.92. The maximum absolute atomic E-state index is 13.0. The lowest BCUT2D eigenvalue weighted by atomic mass is 10.1. The maximum Gasteiger partial charge on any atom is 0.435 e. The van der Waals surface area contributed by atoms with Gasteiger partial charge in [0.2, 0.25) is 5.88 Å². The van der Waals surface area contributed by atoms with Gasteiger partial charge in [0.05, 0.1) is 5.56 Å². The van der Waals surface area contributed by atoms with Crippen LogP contribution in [0.3, 0.4) is 0 Å². The van der Waals surface area contributed by atoms with E-state index < -0.39 is 33.3 Å². The number of hydrogen-bond donors (Lipinski definition) is 1. The van der Waals surface area contributed by atoms with Crippen LogP contribution in [0.1, 0.15) is 17.7 Å². The molecular formula is C11H15ClF3N3O3S. The molecule has 0 saturated carbocycles. The summed E-state index contributed by atoms with van der Waals surface area (Å²) >= 11 is 0. The number of nitrogens with two attached hydrogens (primary N) is 1. The molecular weight excluding hydrogens is 347 g/mol. The fraction of sp³-hybridized carbons (Fsp3) is 0.545. The van der Waals surface area contributed by atoms with Crippen molar-refractivity contribution >= 4 is 28.3 Å². The first-order chi connectivity index (χ1) is 9.50. The van der Waals surface area contributed by atoms with Gasteiger partial charge in [-0.1, -0.05) is 0 Å². The molecule has 1 aromatic rings. The number of halogens is 4. The van der Waals surface area contributed by atoms with Crippen molar-refractivity contribution in [2.75, 3.05) is 12.9 Å². The van der Waals surface area contributed by atoms with Gasteiger partial charge in [-0.05, 0) is 6.08 Å². The molecule has 0 aliphatic carbocycles. The topological polar surface area (TPSA) is 87.2 Å². The molecule has 2 rings (SSSR count). The number of ether oxygens (including phenoxy) is 1. The highest BCUT2D eigenvalue weighted by atomic mass is 35.5. The van der Waals surface area contributed by atoms with Crippen molar-refractivity contribution in [3.05, 3.63) is 16.2 Å². The molecule has 0 amide bonds. The van der Waals surface area contributed by atoms with Crippen LogP contribution in [-0.2, 0) is 23.1 Å². The Bertz CT molecular complexity index is 697. The molecule has 1 unspecified atom stereocenters. The van der Waals surface area contributed by atoms with Gasteiger partial charge < -0.3 is 10.5 Å². The Balaban J connectivity index is 0.00000242. The van der Waals surface area contributed by atoms with Gasteiger partial charge in [0.25, 0.3) is 0 Å². The van der Waals surface area contributed by atoms with Crippen molar-refractivity contribution in [2.45, 2.75) is 18.6 Å². The van der Waals surface area contributed by atoms with Gasteiger partial charge in [-0.15, -0.1) is 12.4 Å². The Morgan fingerprint density at radius 1 is 1.45 bits per heavy atom. The summed E-state index contributed by atoms with van der Waals surface area (Å²) in [6, 6.07) is -0.636. The van der Waals surface area contributed by atoms with Crippen LogP contribution < -0.4 is 10.5 Å². The van der Waals surface area contributed by atoms with Crippen LogP contribution in [0.25, 0.3) is 6.08 Å². The van der Waals surface area contributed by atoms with E-state index in [2.05, 4.69) is 5.10 Å². The predicted molar refractivity (Wildman–Crippen MR) is 76.4 cm³/mol. The van der Waals surface area contributed by atoms with E-state index in [0.29, 0.717) is 0 Å². The second kappa shape index (κ2) is 6.09. The van der Waals surface area contributed by atoms with Crippen molar-refractivity contribution in [1.29, 1.82) is 0 Å². The molecule has 0 aromatic carbocycles. The number of aryl methyl sites for hydroxylation is 1. The standard InChI is InChI=1S/C11H14F3N3O3S.ClH/c1-17-10-8(9(16-17)11(12,13)14)4-7(21(2,18)19)3-6(15)5-20-10;/h4,6H,3,5,15H2,1-2H3;1H/b7-4+;. The average molecular weight is 362 g/mol. The monoisotopic (exact) mass is 361 g/mol. The van der Waals surface area contributed by atoms with Crippen molar-refractivity contribution in [3.63, 3.8) is 0 Å². The first-order valence-corrected chi connectivity index (χ1v) is 7.82. The van der Waals surface area contributed by atoms with Gasteiger partial charge in [-0.25, -0.2) is 13.1 Å². The molecule has 2 N–H and O–H groups in total. The van der Waals surface area contributed by atoms with E-state index in [1.807, 2.05) is 0 Å². The van der Waals surface area contributed by atoms with Gasteiger partial charge in [-0.2, -0.15) is 18.3 Å². The summed E-state index contributed by atoms with van der Waals surface area (Å²) in [5.41, 5.74) is 4.13. The van der Waals surface area contributed by atoms with Gasteiger partial charge in [0.1, 0.15) is 6.61 Å². The van der Waals surface area contributed by atoms with Crippen LogP contribution in [0.5, 0.6) is 5.88 Å². The Hall–Kier alpha value is -1.26. The number of nitrogens with zero attached hydrogens (tertiary/aromatic N) is 2. The second-order valence-electron chi connectivity index (χ2n) is 4.85. The number of fused-ring (bicyclic) bond motifs is 1. The zero-order valence-electron chi connectivity index (χ0n) is 11.7. The lowest BCUT2D eigenvalue weighted by Crippen LogP contribution is -2.30. The Kier molecular flexibility index (Phi) is 5.20. The zero-order chi connectivity index (χ0) is 16.0. The largest absolute Gasteiger partial charge is 0.476 e. The number of sulfone groups is 1. The van der Waals surface area contributed by atoms with E-state index in [0.717, 1.165) is 17.0 Å². The van der Waals surface area contributed by atoms with E-state index in [9.17, 15) is 21.6 Å². The summed E-state index contributed by atoms with van der Waals surface area (Å²) in [6.07, 6.45) is -2.93. The lowest BCUT2D eigenvalue weighted by molar-refractivity contribution is -0.141. The molecule has 6 nitrogen and oxygen atoms in total. The van der Waals surface area contributed by atoms with Crippen LogP contribution in [-0.4, -0.2) is 37.1 Å². The van der Waals surface area contributed by atoms with Gasteiger partial charge >= 0.3 is 6.18 Å². The summed E-state index contributed by atoms with van der Waals surface area (Å²) in [7, 11) is -2.39. The van der Waals surface area contributed by atoms with E-state index in [4.69, 9.17) is 10.5 Å². The fourth-order valence-corrected chi connectivity index (χ4v) is 2.87. The quantitative estimate of drug-likeness (QED) is 0.816. The SMILES string of the molecule is Cl.Cn1nc(C(F)(F)F)c2c1OCC(N)C/C(S(C)(=O)=O)=C\2. The summed E-state index contributed by atoms with van der Waals surface area (Å²) in [5, 5.41) is 3.37. The molecule has 0 radical (unpaired) electrons. The Morgan fingerprint density at radius 3 is 2.55 bits per heavy atom.